The van der Waals surface area contributed by atoms with Gasteiger partial charge in [0, 0.05) is 17.2 Å². The summed E-state index contributed by atoms with van der Waals surface area (Å²) in [5, 5.41) is 15.5. The van der Waals surface area contributed by atoms with Crippen LogP contribution in [0.1, 0.15) is 23.6 Å². The molecule has 0 aliphatic carbocycles. The third kappa shape index (κ3) is 6.42. The van der Waals surface area contributed by atoms with Gasteiger partial charge in [-0.05, 0) is 42.8 Å². The van der Waals surface area contributed by atoms with Crippen molar-refractivity contribution in [3.05, 3.63) is 114 Å². The van der Waals surface area contributed by atoms with Crippen LogP contribution in [0.5, 0.6) is 5.75 Å². The molecule has 4 rings (SSSR count). The molecule has 190 valence electrons. The molecule has 3 N–H and O–H groups in total. The van der Waals surface area contributed by atoms with Crippen LogP contribution in [0, 0.1) is 11.6 Å². The van der Waals surface area contributed by atoms with E-state index < -0.39 is 23.3 Å². The van der Waals surface area contributed by atoms with Crippen LogP contribution in [0.2, 0.25) is 0 Å². The summed E-state index contributed by atoms with van der Waals surface area (Å²) in [5.41, 5.74) is 5.80. The lowest BCUT2D eigenvalue weighted by molar-refractivity contribution is -0.00766. The van der Waals surface area contributed by atoms with Gasteiger partial charge in [0.15, 0.2) is 0 Å². The van der Waals surface area contributed by atoms with Crippen LogP contribution >= 0.6 is 0 Å². The topological polar surface area (TPSA) is 111 Å². The highest BCUT2D eigenvalue weighted by Gasteiger charge is 2.39. The van der Waals surface area contributed by atoms with Crippen LogP contribution in [-0.4, -0.2) is 38.1 Å². The Hall–Kier alpha value is -4.44. The fourth-order valence-electron chi connectivity index (χ4n) is 3.70. The van der Waals surface area contributed by atoms with Gasteiger partial charge in [-0.15, -0.1) is 0 Å². The predicted octanol–water partition coefficient (Wildman–Crippen LogP) is 3.85. The molecule has 1 heterocycles. The van der Waals surface area contributed by atoms with Gasteiger partial charge in [-0.25, -0.2) is 23.4 Å². The fourth-order valence-corrected chi connectivity index (χ4v) is 3.70. The van der Waals surface area contributed by atoms with Crippen LogP contribution in [0.3, 0.4) is 0 Å². The van der Waals surface area contributed by atoms with Crippen LogP contribution in [-0.2, 0) is 18.8 Å². The lowest BCUT2D eigenvalue weighted by Crippen LogP contribution is -2.42. The summed E-state index contributed by atoms with van der Waals surface area (Å²) in [7, 11) is 0. The van der Waals surface area contributed by atoms with Crippen LogP contribution in [0.15, 0.2) is 95.4 Å². The molecule has 10 heteroatoms. The number of hydrogen-bond acceptors (Lipinski definition) is 5. The van der Waals surface area contributed by atoms with Gasteiger partial charge in [-0.3, -0.25) is 4.99 Å². The Kier molecular flexibility index (Phi) is 7.99. The second-order valence-electron chi connectivity index (χ2n) is 8.39. The van der Waals surface area contributed by atoms with E-state index in [1.54, 1.807) is 31.2 Å². The maximum absolute atomic E-state index is 14.6. The summed E-state index contributed by atoms with van der Waals surface area (Å²) in [5.74, 6) is -0.780. The summed E-state index contributed by atoms with van der Waals surface area (Å²) >= 11 is 0. The van der Waals surface area contributed by atoms with E-state index >= 15 is 0 Å². The van der Waals surface area contributed by atoms with Gasteiger partial charge < -0.3 is 15.6 Å². The van der Waals surface area contributed by atoms with Crippen molar-refractivity contribution in [2.45, 2.75) is 31.7 Å². The van der Waals surface area contributed by atoms with Gasteiger partial charge in [0.2, 0.25) is 0 Å². The molecule has 1 aromatic heterocycles. The van der Waals surface area contributed by atoms with Gasteiger partial charge in [0.1, 0.15) is 54.4 Å². The van der Waals surface area contributed by atoms with Crippen molar-refractivity contribution < 1.29 is 18.6 Å². The number of aliphatic hydroxyl groups is 1. The summed E-state index contributed by atoms with van der Waals surface area (Å²) < 4.78 is 35.2. The summed E-state index contributed by atoms with van der Waals surface area (Å²) in [6.07, 6.45) is 3.87. The van der Waals surface area contributed by atoms with Crippen LogP contribution in [0.25, 0.3) is 0 Å². The third-order valence-electron chi connectivity index (χ3n) is 5.84. The van der Waals surface area contributed by atoms with Gasteiger partial charge in [0.05, 0.1) is 12.6 Å². The Morgan fingerprint density at radius 2 is 1.89 bits per heavy atom. The third-order valence-corrected chi connectivity index (χ3v) is 5.84. The molecule has 0 aliphatic rings. The van der Waals surface area contributed by atoms with Crippen molar-refractivity contribution in [3.63, 3.8) is 0 Å². The lowest BCUT2D eigenvalue weighted by Gasteiger charge is -2.32. The highest BCUT2D eigenvalue weighted by molar-refractivity contribution is 6.01. The van der Waals surface area contributed by atoms with Crippen molar-refractivity contribution in [3.8, 4) is 5.75 Å². The first-order chi connectivity index (χ1) is 17.8. The largest absolute Gasteiger partial charge is 0.489 e. The van der Waals surface area contributed by atoms with E-state index in [0.29, 0.717) is 24.0 Å². The van der Waals surface area contributed by atoms with Crippen molar-refractivity contribution in [1.29, 1.82) is 0 Å². The average Bonchev–Trinajstić information content (AvgIpc) is 3.41. The molecule has 0 saturated heterocycles. The lowest BCUT2D eigenvalue weighted by atomic mass is 9.86. The Labute approximate surface area is 212 Å². The average molecular weight is 505 g/mol. The zero-order valence-electron chi connectivity index (χ0n) is 20.1. The number of aliphatic imine (C=N–C) groups is 2. The molecule has 2 unspecified atom stereocenters. The van der Waals surface area contributed by atoms with E-state index in [1.165, 1.54) is 29.7 Å². The van der Waals surface area contributed by atoms with Crippen molar-refractivity contribution in [1.82, 2.24) is 14.8 Å². The number of aromatic nitrogens is 3. The fraction of sp³-hybridized carbons (Fsp3) is 0.185. The number of hydrogen-bond donors (Lipinski definition) is 2. The number of nitrogens with zero attached hydrogens (tertiary/aromatic N) is 5. The standard InChI is InChI=1S/C27H26F2N6O2/c1-19(27(36,15-35-18-31-16-34-35)24-12-9-22(28)13-25(24)29)32-17-33-26(30)21-7-10-23(11-8-21)37-14-20-5-3-2-4-6-20/h2-13,16-19,36H,14-15H2,1H3,(H2,30,32,33). The second-order valence-corrected chi connectivity index (χ2v) is 8.39. The normalized spacial score (nSPS) is 14.4. The SMILES string of the molecule is CC(N=CN=C(N)c1ccc(OCc2ccccc2)cc1)C(O)(Cn1cncn1)c1ccc(F)cc1F. The molecule has 37 heavy (non-hydrogen) atoms. The van der Waals surface area contributed by atoms with E-state index in [-0.39, 0.29) is 17.9 Å². The minimum absolute atomic E-state index is 0.128. The number of ether oxygens (including phenoxy) is 1. The molecule has 0 spiro atoms. The molecule has 0 fully saturated rings. The molecule has 0 amide bonds. The van der Waals surface area contributed by atoms with E-state index in [4.69, 9.17) is 10.5 Å². The highest BCUT2D eigenvalue weighted by Crippen LogP contribution is 2.31. The van der Waals surface area contributed by atoms with Crippen LogP contribution in [0.4, 0.5) is 8.78 Å². The number of benzene rings is 3. The first kappa shape index (κ1) is 25.6. The van der Waals surface area contributed by atoms with E-state index in [9.17, 15) is 13.9 Å². The van der Waals surface area contributed by atoms with Gasteiger partial charge in [0.25, 0.3) is 0 Å². The second kappa shape index (κ2) is 11.5. The molecular formula is C27H26F2N6O2. The monoisotopic (exact) mass is 504 g/mol. The zero-order valence-corrected chi connectivity index (χ0v) is 20.1. The molecule has 0 radical (unpaired) electrons. The molecule has 0 bridgehead atoms. The van der Waals surface area contributed by atoms with Crippen molar-refractivity contribution in [2.24, 2.45) is 15.7 Å². The molecule has 2 atom stereocenters. The minimum Gasteiger partial charge on any atom is -0.489 e. The van der Waals surface area contributed by atoms with E-state index in [2.05, 4.69) is 20.1 Å². The highest BCUT2D eigenvalue weighted by atomic mass is 19.1. The Bertz CT molecular complexity index is 1360. The maximum Gasteiger partial charge on any atom is 0.137 e. The quantitative estimate of drug-likeness (QED) is 0.252. The Balaban J connectivity index is 1.47. The minimum atomic E-state index is -1.87. The smallest absolute Gasteiger partial charge is 0.137 e. The van der Waals surface area contributed by atoms with Crippen molar-refractivity contribution in [2.75, 3.05) is 0 Å². The maximum atomic E-state index is 14.6. The summed E-state index contributed by atoms with van der Waals surface area (Å²) in [6, 6.07) is 19.0. The Morgan fingerprint density at radius 1 is 1.14 bits per heavy atom. The van der Waals surface area contributed by atoms with E-state index in [1.807, 2.05) is 30.3 Å². The number of halogens is 2. The van der Waals surface area contributed by atoms with Gasteiger partial charge >= 0.3 is 0 Å². The van der Waals surface area contributed by atoms with Gasteiger partial charge in [-0.1, -0.05) is 36.4 Å². The summed E-state index contributed by atoms with van der Waals surface area (Å²) in [4.78, 5) is 12.3. The first-order valence-electron chi connectivity index (χ1n) is 11.5. The zero-order chi connectivity index (χ0) is 26.3. The first-order valence-corrected chi connectivity index (χ1v) is 11.5. The number of amidine groups is 1. The predicted molar refractivity (Wildman–Crippen MR) is 136 cm³/mol. The van der Waals surface area contributed by atoms with Gasteiger partial charge in [-0.2, -0.15) is 5.10 Å². The molecular weight excluding hydrogens is 478 g/mol. The molecule has 4 aromatic rings. The molecule has 0 aliphatic heterocycles. The molecule has 8 nitrogen and oxygen atoms in total. The Morgan fingerprint density at radius 3 is 2.57 bits per heavy atom. The van der Waals surface area contributed by atoms with Crippen LogP contribution < -0.4 is 10.5 Å². The summed E-state index contributed by atoms with van der Waals surface area (Å²) in [6.45, 7) is 1.86. The number of rotatable bonds is 10. The van der Waals surface area contributed by atoms with Crippen molar-refractivity contribution >= 4 is 12.2 Å². The molecule has 0 saturated carbocycles. The van der Waals surface area contributed by atoms with E-state index in [0.717, 1.165) is 11.6 Å². The molecule has 3 aromatic carbocycles. The number of nitrogens with two attached hydrogens (primary N) is 1.